The fourth-order valence-corrected chi connectivity index (χ4v) is 3.94. The van der Waals surface area contributed by atoms with Gasteiger partial charge in [-0.25, -0.2) is 0 Å². The quantitative estimate of drug-likeness (QED) is 0.795. The van der Waals surface area contributed by atoms with Gasteiger partial charge in [-0.05, 0) is 56.7 Å². The topological polar surface area (TPSA) is 48.0 Å². The Kier molecular flexibility index (Phi) is 4.95. The lowest BCUT2D eigenvalue weighted by Crippen LogP contribution is -2.46. The molecule has 136 valence electrons. The van der Waals surface area contributed by atoms with Gasteiger partial charge in [0.25, 0.3) is 5.91 Å². The van der Waals surface area contributed by atoms with E-state index in [0.717, 1.165) is 31.1 Å². The lowest BCUT2D eigenvalue weighted by Gasteiger charge is -2.31. The van der Waals surface area contributed by atoms with Crippen molar-refractivity contribution in [2.24, 2.45) is 5.92 Å². The highest BCUT2D eigenvalue weighted by Crippen LogP contribution is 2.36. The zero-order valence-electron chi connectivity index (χ0n) is 14.9. The average molecular weight is 345 g/mol. The van der Waals surface area contributed by atoms with Crippen molar-refractivity contribution in [2.75, 3.05) is 26.4 Å². The molecule has 3 fully saturated rings. The highest BCUT2D eigenvalue weighted by Gasteiger charge is 2.45. The van der Waals surface area contributed by atoms with Gasteiger partial charge in [0.05, 0.1) is 25.4 Å². The number of ether oxygens (including phenoxy) is 3. The molecule has 5 nitrogen and oxygen atoms in total. The third-order valence-corrected chi connectivity index (χ3v) is 5.43. The first kappa shape index (κ1) is 16.9. The molecule has 1 aromatic carbocycles. The summed E-state index contributed by atoms with van der Waals surface area (Å²) in [7, 11) is 0. The number of fused-ring (bicyclic) bond motifs is 2. The zero-order chi connectivity index (χ0) is 17.2. The maximum Gasteiger partial charge on any atom is 0.254 e. The van der Waals surface area contributed by atoms with Gasteiger partial charge >= 0.3 is 0 Å². The Morgan fingerprint density at radius 1 is 1.28 bits per heavy atom. The minimum atomic E-state index is 0.0159. The molecule has 25 heavy (non-hydrogen) atoms. The number of rotatable bonds is 6. The maximum atomic E-state index is 13.2. The van der Waals surface area contributed by atoms with Crippen molar-refractivity contribution in [3.8, 4) is 5.75 Å². The molecular weight excluding hydrogens is 318 g/mol. The van der Waals surface area contributed by atoms with Crippen LogP contribution in [0.3, 0.4) is 0 Å². The molecule has 1 aliphatic heterocycles. The third kappa shape index (κ3) is 3.67. The molecule has 0 aromatic heterocycles. The number of hydrogen-bond acceptors (Lipinski definition) is 4. The van der Waals surface area contributed by atoms with Crippen molar-refractivity contribution in [2.45, 2.75) is 50.9 Å². The summed E-state index contributed by atoms with van der Waals surface area (Å²) in [5.41, 5.74) is 0.678. The van der Waals surface area contributed by atoms with Gasteiger partial charge < -0.3 is 19.1 Å². The molecule has 2 aliphatic carbocycles. The van der Waals surface area contributed by atoms with Crippen LogP contribution in [-0.4, -0.2) is 55.4 Å². The molecule has 2 saturated carbocycles. The van der Waals surface area contributed by atoms with Crippen LogP contribution in [0, 0.1) is 5.92 Å². The number of amides is 1. The van der Waals surface area contributed by atoms with Crippen LogP contribution in [0.1, 0.15) is 43.0 Å². The lowest BCUT2D eigenvalue weighted by molar-refractivity contribution is -0.0556. The molecule has 0 unspecified atom stereocenters. The fraction of sp³-hybridized carbons (Fsp3) is 0.650. The van der Waals surface area contributed by atoms with E-state index < -0.39 is 0 Å². The summed E-state index contributed by atoms with van der Waals surface area (Å²) in [6.07, 6.45) is 4.63. The summed E-state index contributed by atoms with van der Waals surface area (Å²) in [4.78, 5) is 15.1. The van der Waals surface area contributed by atoms with Gasteiger partial charge in [-0.1, -0.05) is 6.07 Å². The number of carbonyl (C=O) groups is 1. The SMILES string of the molecule is CCOc1cccc(C(=O)N2CCO[C@H]3CC[C@H]2[C@H]3OCC2CC2)c1. The summed E-state index contributed by atoms with van der Waals surface area (Å²) in [5, 5.41) is 0. The summed E-state index contributed by atoms with van der Waals surface area (Å²) in [5.74, 6) is 1.51. The van der Waals surface area contributed by atoms with E-state index in [-0.39, 0.29) is 24.2 Å². The Balaban J connectivity index is 1.51. The highest BCUT2D eigenvalue weighted by atomic mass is 16.5. The minimum absolute atomic E-state index is 0.0159. The van der Waals surface area contributed by atoms with Crippen LogP contribution in [-0.2, 0) is 9.47 Å². The molecule has 5 heteroatoms. The minimum Gasteiger partial charge on any atom is -0.494 e. The van der Waals surface area contributed by atoms with E-state index in [2.05, 4.69) is 0 Å². The maximum absolute atomic E-state index is 13.2. The largest absolute Gasteiger partial charge is 0.494 e. The van der Waals surface area contributed by atoms with E-state index in [9.17, 15) is 4.79 Å². The summed E-state index contributed by atoms with van der Waals surface area (Å²) >= 11 is 0. The lowest BCUT2D eigenvalue weighted by atomic mass is 10.1. The van der Waals surface area contributed by atoms with E-state index in [0.29, 0.717) is 25.3 Å². The fourth-order valence-electron chi connectivity index (χ4n) is 3.94. The Morgan fingerprint density at radius 2 is 2.16 bits per heavy atom. The first-order valence-electron chi connectivity index (χ1n) is 9.53. The number of carbonyl (C=O) groups excluding carboxylic acids is 1. The van der Waals surface area contributed by atoms with Crippen LogP contribution in [0.5, 0.6) is 5.75 Å². The van der Waals surface area contributed by atoms with Gasteiger partial charge in [-0.3, -0.25) is 4.79 Å². The normalized spacial score (nSPS) is 28.7. The molecule has 1 saturated heterocycles. The molecule has 2 bridgehead atoms. The molecular formula is C20H27NO4. The number of nitrogens with zero attached hydrogens (tertiary/aromatic N) is 1. The van der Waals surface area contributed by atoms with Crippen LogP contribution in [0.4, 0.5) is 0 Å². The van der Waals surface area contributed by atoms with E-state index in [1.54, 1.807) is 0 Å². The Morgan fingerprint density at radius 3 is 2.96 bits per heavy atom. The predicted octanol–water partition coefficient (Wildman–Crippen LogP) is 2.88. The second-order valence-electron chi connectivity index (χ2n) is 7.25. The summed E-state index contributed by atoms with van der Waals surface area (Å²) in [6.45, 7) is 4.56. The van der Waals surface area contributed by atoms with Crippen molar-refractivity contribution >= 4 is 5.91 Å². The van der Waals surface area contributed by atoms with Crippen molar-refractivity contribution in [3.05, 3.63) is 29.8 Å². The second kappa shape index (κ2) is 7.34. The summed E-state index contributed by atoms with van der Waals surface area (Å²) in [6, 6.07) is 7.59. The van der Waals surface area contributed by atoms with Crippen LogP contribution in [0.15, 0.2) is 24.3 Å². The third-order valence-electron chi connectivity index (χ3n) is 5.43. The van der Waals surface area contributed by atoms with Gasteiger partial charge in [0.15, 0.2) is 0 Å². The number of benzene rings is 1. The van der Waals surface area contributed by atoms with Crippen LogP contribution >= 0.6 is 0 Å². The standard InChI is InChI=1S/C20H27NO4/c1-2-23-16-5-3-4-15(12-16)20(22)21-10-11-24-18-9-8-17(21)19(18)25-13-14-6-7-14/h3-5,12,14,17-19H,2,6-11,13H2,1H3/t17-,18-,19+/m0/s1. The Labute approximate surface area is 149 Å². The molecule has 0 radical (unpaired) electrons. The molecule has 1 heterocycles. The molecule has 1 aromatic rings. The van der Waals surface area contributed by atoms with Crippen LogP contribution < -0.4 is 4.74 Å². The average Bonchev–Trinajstić information content (AvgIpc) is 3.37. The highest BCUT2D eigenvalue weighted by molar-refractivity contribution is 5.95. The Bertz CT molecular complexity index is 615. The first-order chi connectivity index (χ1) is 12.3. The molecule has 1 amide bonds. The van der Waals surface area contributed by atoms with E-state index in [1.807, 2.05) is 36.1 Å². The van der Waals surface area contributed by atoms with Gasteiger partial charge in [-0.2, -0.15) is 0 Å². The smallest absolute Gasteiger partial charge is 0.254 e. The van der Waals surface area contributed by atoms with Gasteiger partial charge in [-0.15, -0.1) is 0 Å². The molecule has 4 rings (SSSR count). The summed E-state index contributed by atoms with van der Waals surface area (Å²) < 4.78 is 17.7. The Hall–Kier alpha value is -1.59. The van der Waals surface area contributed by atoms with Gasteiger partial charge in [0, 0.05) is 18.7 Å². The predicted molar refractivity (Wildman–Crippen MR) is 93.9 cm³/mol. The van der Waals surface area contributed by atoms with Crippen LogP contribution in [0.25, 0.3) is 0 Å². The monoisotopic (exact) mass is 345 g/mol. The van der Waals surface area contributed by atoms with Crippen molar-refractivity contribution in [3.63, 3.8) is 0 Å². The van der Waals surface area contributed by atoms with Crippen molar-refractivity contribution in [1.82, 2.24) is 4.90 Å². The van der Waals surface area contributed by atoms with E-state index in [4.69, 9.17) is 14.2 Å². The van der Waals surface area contributed by atoms with Crippen LogP contribution in [0.2, 0.25) is 0 Å². The second-order valence-corrected chi connectivity index (χ2v) is 7.25. The van der Waals surface area contributed by atoms with Gasteiger partial charge in [0.1, 0.15) is 11.9 Å². The van der Waals surface area contributed by atoms with Gasteiger partial charge in [0.2, 0.25) is 0 Å². The van der Waals surface area contributed by atoms with Crippen molar-refractivity contribution in [1.29, 1.82) is 0 Å². The van der Waals surface area contributed by atoms with E-state index in [1.165, 1.54) is 12.8 Å². The van der Waals surface area contributed by atoms with Crippen molar-refractivity contribution < 1.29 is 19.0 Å². The number of hydrogen-bond donors (Lipinski definition) is 0. The molecule has 3 aliphatic rings. The van der Waals surface area contributed by atoms with E-state index >= 15 is 0 Å². The first-order valence-corrected chi connectivity index (χ1v) is 9.53. The molecule has 3 atom stereocenters. The zero-order valence-corrected chi connectivity index (χ0v) is 14.9. The molecule has 0 spiro atoms. The molecule has 0 N–H and O–H groups in total.